The SMILES string of the molecule is O=C(CCCN1C(=O)/C(=C\c2ccco2)SC1=S)N[C@@H]1C=CS(=O)(=O)C1. The number of furan rings is 1. The van der Waals surface area contributed by atoms with Crippen molar-refractivity contribution in [3.05, 3.63) is 40.5 Å². The molecular weight excluding hydrogens is 396 g/mol. The minimum Gasteiger partial charge on any atom is -0.465 e. The lowest BCUT2D eigenvalue weighted by Crippen LogP contribution is -2.36. The fourth-order valence-corrected chi connectivity index (χ4v) is 5.06. The Morgan fingerprint density at radius 1 is 1.50 bits per heavy atom. The Morgan fingerprint density at radius 2 is 2.31 bits per heavy atom. The lowest BCUT2D eigenvalue weighted by atomic mass is 10.2. The van der Waals surface area contributed by atoms with E-state index >= 15 is 0 Å². The van der Waals surface area contributed by atoms with Crippen LogP contribution in [0.2, 0.25) is 0 Å². The van der Waals surface area contributed by atoms with Crippen molar-refractivity contribution in [2.45, 2.75) is 18.9 Å². The molecule has 3 heterocycles. The topological polar surface area (TPSA) is 96.7 Å². The maximum Gasteiger partial charge on any atom is 0.266 e. The number of carbonyl (C=O) groups is 2. The summed E-state index contributed by atoms with van der Waals surface area (Å²) in [7, 11) is -3.20. The molecule has 2 aliphatic heterocycles. The molecule has 10 heteroatoms. The van der Waals surface area contributed by atoms with Crippen LogP contribution in [0, 0.1) is 0 Å². The fraction of sp³-hybridized carbons (Fsp3) is 0.312. The zero-order valence-corrected chi connectivity index (χ0v) is 16.0. The number of rotatable bonds is 6. The lowest BCUT2D eigenvalue weighted by molar-refractivity contribution is -0.124. The molecule has 0 radical (unpaired) electrons. The monoisotopic (exact) mass is 412 g/mol. The molecule has 2 aliphatic rings. The second-order valence-corrected chi connectivity index (χ2v) is 9.39. The van der Waals surface area contributed by atoms with Crippen LogP contribution in [-0.4, -0.2) is 47.8 Å². The summed E-state index contributed by atoms with van der Waals surface area (Å²) in [6.07, 6.45) is 5.23. The summed E-state index contributed by atoms with van der Waals surface area (Å²) < 4.78 is 28.3. The zero-order chi connectivity index (χ0) is 18.7. The highest BCUT2D eigenvalue weighted by Crippen LogP contribution is 2.32. The number of nitrogens with zero attached hydrogens (tertiary/aromatic N) is 1. The summed E-state index contributed by atoms with van der Waals surface area (Å²) in [5.74, 6) is 0.00441. The molecule has 0 spiro atoms. The Hall–Kier alpha value is -1.91. The third-order valence-electron chi connectivity index (χ3n) is 3.75. The van der Waals surface area contributed by atoms with Crippen molar-refractivity contribution in [2.24, 2.45) is 0 Å². The van der Waals surface area contributed by atoms with E-state index in [1.807, 2.05) is 0 Å². The van der Waals surface area contributed by atoms with Gasteiger partial charge in [-0.05, 0) is 24.6 Å². The number of hydrogen-bond donors (Lipinski definition) is 1. The summed E-state index contributed by atoms with van der Waals surface area (Å²) in [6.45, 7) is 0.326. The first-order chi connectivity index (χ1) is 12.3. The van der Waals surface area contributed by atoms with E-state index in [0.29, 0.717) is 28.0 Å². The molecule has 138 valence electrons. The lowest BCUT2D eigenvalue weighted by Gasteiger charge is -2.15. The smallest absolute Gasteiger partial charge is 0.266 e. The van der Waals surface area contributed by atoms with Crippen LogP contribution in [0.3, 0.4) is 0 Å². The van der Waals surface area contributed by atoms with Crippen molar-refractivity contribution in [2.75, 3.05) is 12.3 Å². The Labute approximate surface area is 160 Å². The van der Waals surface area contributed by atoms with E-state index in [1.165, 1.54) is 29.0 Å². The second-order valence-electron chi connectivity index (χ2n) is 5.78. The Bertz CT molecular complexity index is 887. The Morgan fingerprint density at radius 3 is 2.96 bits per heavy atom. The summed E-state index contributed by atoms with van der Waals surface area (Å²) in [6, 6.07) is 2.99. The van der Waals surface area contributed by atoms with Crippen LogP contribution in [0.4, 0.5) is 0 Å². The summed E-state index contributed by atoms with van der Waals surface area (Å²) in [5.41, 5.74) is 0. The zero-order valence-electron chi connectivity index (χ0n) is 13.6. The molecule has 0 aliphatic carbocycles. The molecule has 7 nitrogen and oxygen atoms in total. The normalized spacial score (nSPS) is 23.2. The van der Waals surface area contributed by atoms with Crippen LogP contribution in [0.5, 0.6) is 0 Å². The molecule has 0 aromatic carbocycles. The van der Waals surface area contributed by atoms with Gasteiger partial charge in [0.1, 0.15) is 10.1 Å². The van der Waals surface area contributed by atoms with Crippen LogP contribution in [0.1, 0.15) is 18.6 Å². The van der Waals surface area contributed by atoms with Crippen molar-refractivity contribution >= 4 is 56.0 Å². The van der Waals surface area contributed by atoms with Crippen LogP contribution >= 0.6 is 24.0 Å². The fourth-order valence-electron chi connectivity index (χ4n) is 2.54. The molecule has 1 saturated heterocycles. The molecule has 1 aromatic heterocycles. The molecule has 0 bridgehead atoms. The van der Waals surface area contributed by atoms with E-state index in [-0.39, 0.29) is 24.0 Å². The van der Waals surface area contributed by atoms with Gasteiger partial charge in [-0.2, -0.15) is 0 Å². The molecular formula is C16H16N2O5S3. The standard InChI is InChI=1S/C16H16N2O5S3/c19-14(17-11-5-8-26(21,22)10-11)4-1-6-18-15(20)13(25-16(18)24)9-12-3-2-7-23-12/h2-3,5,7-9,11H,1,4,6,10H2,(H,17,19)/b13-9+/t11-/m1/s1. The van der Waals surface area contributed by atoms with Crippen molar-refractivity contribution in [3.63, 3.8) is 0 Å². The molecule has 3 rings (SSSR count). The van der Waals surface area contributed by atoms with Crippen molar-refractivity contribution in [3.8, 4) is 0 Å². The van der Waals surface area contributed by atoms with E-state index in [1.54, 1.807) is 18.2 Å². The maximum atomic E-state index is 12.4. The van der Waals surface area contributed by atoms with E-state index in [2.05, 4.69) is 5.32 Å². The number of nitrogens with one attached hydrogen (secondary N) is 1. The van der Waals surface area contributed by atoms with Gasteiger partial charge in [-0.1, -0.05) is 24.0 Å². The number of carbonyl (C=O) groups excluding carboxylic acids is 2. The Kier molecular flexibility index (Phi) is 5.64. The highest BCUT2D eigenvalue weighted by Gasteiger charge is 2.32. The summed E-state index contributed by atoms with van der Waals surface area (Å²) in [4.78, 5) is 26.3. The van der Waals surface area contributed by atoms with Crippen LogP contribution in [0.15, 0.2) is 39.2 Å². The van der Waals surface area contributed by atoms with Gasteiger partial charge in [-0.15, -0.1) is 0 Å². The van der Waals surface area contributed by atoms with Gasteiger partial charge < -0.3 is 9.73 Å². The summed E-state index contributed by atoms with van der Waals surface area (Å²) in [5, 5.41) is 3.77. The van der Waals surface area contributed by atoms with Gasteiger partial charge in [0.25, 0.3) is 5.91 Å². The largest absolute Gasteiger partial charge is 0.465 e. The highest BCUT2D eigenvalue weighted by atomic mass is 32.2. The minimum absolute atomic E-state index is 0.106. The van der Waals surface area contributed by atoms with Crippen molar-refractivity contribution < 1.29 is 22.4 Å². The maximum absolute atomic E-state index is 12.4. The summed E-state index contributed by atoms with van der Waals surface area (Å²) >= 11 is 6.43. The predicted octanol–water partition coefficient (Wildman–Crippen LogP) is 1.69. The molecule has 0 saturated carbocycles. The first-order valence-corrected chi connectivity index (χ1v) is 10.8. The van der Waals surface area contributed by atoms with Crippen molar-refractivity contribution in [1.82, 2.24) is 10.2 Å². The van der Waals surface area contributed by atoms with Gasteiger partial charge in [0, 0.05) is 24.4 Å². The van der Waals surface area contributed by atoms with E-state index in [0.717, 1.165) is 5.41 Å². The van der Waals surface area contributed by atoms with Crippen LogP contribution in [-0.2, 0) is 19.4 Å². The van der Waals surface area contributed by atoms with Gasteiger partial charge in [-0.25, -0.2) is 8.42 Å². The predicted molar refractivity (Wildman–Crippen MR) is 103 cm³/mol. The quantitative estimate of drug-likeness (QED) is 0.561. The highest BCUT2D eigenvalue weighted by molar-refractivity contribution is 8.26. The molecule has 1 aromatic rings. The number of hydrogen-bond acceptors (Lipinski definition) is 7. The number of amides is 2. The van der Waals surface area contributed by atoms with Gasteiger partial charge in [0.15, 0.2) is 9.84 Å². The number of sulfone groups is 1. The minimum atomic E-state index is -3.20. The number of thioether (sulfide) groups is 1. The van der Waals surface area contributed by atoms with E-state index < -0.39 is 15.9 Å². The van der Waals surface area contributed by atoms with Gasteiger partial charge >= 0.3 is 0 Å². The van der Waals surface area contributed by atoms with Crippen molar-refractivity contribution in [1.29, 1.82) is 0 Å². The van der Waals surface area contributed by atoms with E-state index in [4.69, 9.17) is 16.6 Å². The molecule has 1 N–H and O–H groups in total. The second kappa shape index (κ2) is 7.77. The molecule has 1 fully saturated rings. The third-order valence-corrected chi connectivity index (χ3v) is 6.53. The van der Waals surface area contributed by atoms with Gasteiger partial charge in [-0.3, -0.25) is 14.5 Å². The average molecular weight is 413 g/mol. The molecule has 1 atom stereocenters. The molecule has 26 heavy (non-hydrogen) atoms. The molecule has 0 unspecified atom stereocenters. The average Bonchev–Trinajstić information content (AvgIpc) is 3.25. The van der Waals surface area contributed by atoms with E-state index in [9.17, 15) is 18.0 Å². The first kappa shape index (κ1) is 18.9. The first-order valence-electron chi connectivity index (χ1n) is 7.83. The van der Waals surface area contributed by atoms with Gasteiger partial charge in [0.2, 0.25) is 5.91 Å². The third kappa shape index (κ3) is 4.63. The van der Waals surface area contributed by atoms with Crippen LogP contribution in [0.25, 0.3) is 6.08 Å². The van der Waals surface area contributed by atoms with Gasteiger partial charge in [0.05, 0.1) is 23.0 Å². The Balaban J connectivity index is 1.47. The molecule has 2 amide bonds. The number of thiocarbonyl (C=S) groups is 1. The van der Waals surface area contributed by atoms with Crippen LogP contribution < -0.4 is 5.32 Å².